The van der Waals surface area contributed by atoms with Crippen molar-refractivity contribution in [3.05, 3.63) is 23.7 Å². The molecule has 0 aromatic carbocycles. The number of likely N-dealkylation sites (tertiary alicyclic amines) is 1. The molecule has 0 spiro atoms. The molecule has 1 aromatic heterocycles. The zero-order chi connectivity index (χ0) is 13.3. The van der Waals surface area contributed by atoms with Crippen LogP contribution in [0.2, 0.25) is 0 Å². The minimum absolute atomic E-state index is 0.0459. The maximum Gasteiger partial charge on any atom is 0.121 e. The smallest absolute Gasteiger partial charge is 0.121 e. The van der Waals surface area contributed by atoms with Crippen LogP contribution < -0.4 is 0 Å². The predicted octanol–water partition coefficient (Wildman–Crippen LogP) is 3.67. The number of hydrogen-bond acceptors (Lipinski definition) is 3. The molecule has 1 saturated carbocycles. The van der Waals surface area contributed by atoms with Gasteiger partial charge in [0, 0.05) is 13.0 Å². The monoisotopic (exact) mass is 258 g/mol. The zero-order valence-electron chi connectivity index (χ0n) is 11.7. The van der Waals surface area contributed by atoms with Crippen molar-refractivity contribution in [3.8, 4) is 6.07 Å². The number of piperidine rings is 1. The second-order valence-corrected chi connectivity index (χ2v) is 6.03. The Labute approximate surface area is 115 Å². The van der Waals surface area contributed by atoms with E-state index in [-0.39, 0.29) is 5.41 Å². The summed E-state index contributed by atoms with van der Waals surface area (Å²) in [7, 11) is 0. The maximum atomic E-state index is 9.29. The molecule has 3 heteroatoms. The van der Waals surface area contributed by atoms with Crippen LogP contribution in [0.1, 0.15) is 56.6 Å². The van der Waals surface area contributed by atoms with Gasteiger partial charge >= 0.3 is 0 Å². The summed E-state index contributed by atoms with van der Waals surface area (Å²) >= 11 is 0. The van der Waals surface area contributed by atoms with Crippen LogP contribution in [0.5, 0.6) is 0 Å². The Bertz CT molecular complexity index is 481. The van der Waals surface area contributed by atoms with Gasteiger partial charge in [-0.1, -0.05) is 13.3 Å². The summed E-state index contributed by atoms with van der Waals surface area (Å²) in [4.78, 5) is 2.48. The van der Waals surface area contributed by atoms with Crippen molar-refractivity contribution < 1.29 is 4.42 Å². The van der Waals surface area contributed by atoms with Crippen molar-refractivity contribution >= 4 is 0 Å². The highest BCUT2D eigenvalue weighted by Gasteiger charge is 2.46. The lowest BCUT2D eigenvalue weighted by atomic mass is 9.97. The SMILES string of the molecule is CCc1ccc([C@H]2CCCCN2CC2(C#N)CC2)o1. The van der Waals surface area contributed by atoms with E-state index in [9.17, 15) is 5.26 Å². The molecule has 2 fully saturated rings. The van der Waals surface area contributed by atoms with E-state index in [1.165, 1.54) is 12.8 Å². The topological polar surface area (TPSA) is 40.2 Å². The molecule has 1 aliphatic carbocycles. The molecule has 1 aromatic rings. The fraction of sp³-hybridized carbons (Fsp3) is 0.688. The lowest BCUT2D eigenvalue weighted by Crippen LogP contribution is -2.37. The fourth-order valence-corrected chi connectivity index (χ4v) is 3.11. The Balaban J connectivity index is 1.75. The summed E-state index contributed by atoms with van der Waals surface area (Å²) in [5.74, 6) is 2.17. The summed E-state index contributed by atoms with van der Waals surface area (Å²) in [6.45, 7) is 4.16. The van der Waals surface area contributed by atoms with Crippen LogP contribution in [0.3, 0.4) is 0 Å². The van der Waals surface area contributed by atoms with Gasteiger partial charge in [0.2, 0.25) is 0 Å². The van der Waals surface area contributed by atoms with Crippen molar-refractivity contribution in [1.29, 1.82) is 5.26 Å². The first-order valence-electron chi connectivity index (χ1n) is 7.50. The molecule has 1 aliphatic heterocycles. The minimum atomic E-state index is -0.0459. The summed E-state index contributed by atoms with van der Waals surface area (Å²) in [5.41, 5.74) is -0.0459. The standard InChI is InChI=1S/C16H22N2O/c1-2-13-6-7-15(19-13)14-5-3-4-10-18(14)12-16(11-17)8-9-16/h6-7,14H,2-5,8-10,12H2,1H3/t14-/m1/s1. The fourth-order valence-electron chi connectivity index (χ4n) is 3.11. The minimum Gasteiger partial charge on any atom is -0.464 e. The van der Waals surface area contributed by atoms with Crippen LogP contribution in [-0.4, -0.2) is 18.0 Å². The zero-order valence-corrected chi connectivity index (χ0v) is 11.7. The highest BCUT2D eigenvalue weighted by atomic mass is 16.3. The number of nitriles is 1. The molecule has 19 heavy (non-hydrogen) atoms. The van der Waals surface area contributed by atoms with E-state index in [2.05, 4.69) is 30.0 Å². The Morgan fingerprint density at radius 2 is 2.26 bits per heavy atom. The summed E-state index contributed by atoms with van der Waals surface area (Å²) in [5, 5.41) is 9.29. The largest absolute Gasteiger partial charge is 0.464 e. The summed E-state index contributed by atoms with van der Waals surface area (Å²) in [6, 6.07) is 7.13. The Kier molecular flexibility index (Phi) is 3.36. The van der Waals surface area contributed by atoms with Crippen LogP contribution in [0.15, 0.2) is 16.5 Å². The second-order valence-electron chi connectivity index (χ2n) is 6.03. The second kappa shape index (κ2) is 5.02. The lowest BCUT2D eigenvalue weighted by Gasteiger charge is -2.35. The number of aryl methyl sites for hydroxylation is 1. The third kappa shape index (κ3) is 2.55. The van der Waals surface area contributed by atoms with E-state index in [0.717, 1.165) is 50.3 Å². The quantitative estimate of drug-likeness (QED) is 0.827. The Hall–Kier alpha value is -1.27. The van der Waals surface area contributed by atoms with Crippen molar-refractivity contribution in [2.75, 3.05) is 13.1 Å². The third-order valence-corrected chi connectivity index (χ3v) is 4.57. The van der Waals surface area contributed by atoms with Gasteiger partial charge in [0.05, 0.1) is 17.5 Å². The molecule has 0 bridgehead atoms. The van der Waals surface area contributed by atoms with Gasteiger partial charge in [0.1, 0.15) is 11.5 Å². The van der Waals surface area contributed by atoms with Gasteiger partial charge in [-0.25, -0.2) is 0 Å². The molecule has 3 nitrogen and oxygen atoms in total. The lowest BCUT2D eigenvalue weighted by molar-refractivity contribution is 0.113. The normalized spacial score (nSPS) is 26.0. The molecule has 1 atom stereocenters. The molecule has 0 amide bonds. The maximum absolute atomic E-state index is 9.29. The van der Waals surface area contributed by atoms with Gasteiger partial charge < -0.3 is 4.42 Å². The molecule has 0 radical (unpaired) electrons. The predicted molar refractivity (Wildman–Crippen MR) is 73.5 cm³/mol. The van der Waals surface area contributed by atoms with Crippen molar-refractivity contribution in [2.24, 2.45) is 5.41 Å². The Morgan fingerprint density at radius 3 is 2.89 bits per heavy atom. The molecular weight excluding hydrogens is 236 g/mol. The van der Waals surface area contributed by atoms with Crippen LogP contribution in [0.25, 0.3) is 0 Å². The number of hydrogen-bond donors (Lipinski definition) is 0. The van der Waals surface area contributed by atoms with Crippen LogP contribution in [-0.2, 0) is 6.42 Å². The van der Waals surface area contributed by atoms with E-state index >= 15 is 0 Å². The average Bonchev–Trinajstić information content (AvgIpc) is 3.06. The van der Waals surface area contributed by atoms with Gasteiger partial charge in [0.15, 0.2) is 0 Å². The van der Waals surface area contributed by atoms with E-state index in [4.69, 9.17) is 4.42 Å². The number of nitrogens with zero attached hydrogens (tertiary/aromatic N) is 2. The van der Waals surface area contributed by atoms with E-state index < -0.39 is 0 Å². The van der Waals surface area contributed by atoms with Crippen LogP contribution in [0.4, 0.5) is 0 Å². The van der Waals surface area contributed by atoms with E-state index in [0.29, 0.717) is 6.04 Å². The average molecular weight is 258 g/mol. The molecule has 102 valence electrons. The molecular formula is C16H22N2O. The first kappa shape index (κ1) is 12.7. The molecule has 2 heterocycles. The van der Waals surface area contributed by atoms with E-state index in [1.54, 1.807) is 0 Å². The number of rotatable bonds is 4. The summed E-state index contributed by atoms with van der Waals surface area (Å²) in [6.07, 6.45) is 6.78. The van der Waals surface area contributed by atoms with Crippen molar-refractivity contribution in [1.82, 2.24) is 4.90 Å². The number of furan rings is 1. The third-order valence-electron chi connectivity index (χ3n) is 4.57. The van der Waals surface area contributed by atoms with Crippen LogP contribution in [0, 0.1) is 16.7 Å². The summed E-state index contributed by atoms with van der Waals surface area (Å²) < 4.78 is 5.95. The van der Waals surface area contributed by atoms with Gasteiger partial charge in [-0.2, -0.15) is 5.26 Å². The van der Waals surface area contributed by atoms with Gasteiger partial charge in [0.25, 0.3) is 0 Å². The van der Waals surface area contributed by atoms with Crippen LogP contribution >= 0.6 is 0 Å². The first-order chi connectivity index (χ1) is 9.26. The molecule has 2 aliphatic rings. The van der Waals surface area contributed by atoms with Crippen molar-refractivity contribution in [2.45, 2.75) is 51.5 Å². The highest BCUT2D eigenvalue weighted by Crippen LogP contribution is 2.47. The van der Waals surface area contributed by atoms with Gasteiger partial charge in [-0.15, -0.1) is 0 Å². The molecule has 0 unspecified atom stereocenters. The first-order valence-corrected chi connectivity index (χ1v) is 7.50. The van der Waals surface area contributed by atoms with Crippen molar-refractivity contribution in [3.63, 3.8) is 0 Å². The Morgan fingerprint density at radius 1 is 1.42 bits per heavy atom. The van der Waals surface area contributed by atoms with Gasteiger partial charge in [-0.3, -0.25) is 4.90 Å². The molecule has 0 N–H and O–H groups in total. The molecule has 1 saturated heterocycles. The molecule has 3 rings (SSSR count). The highest BCUT2D eigenvalue weighted by molar-refractivity contribution is 5.15. The van der Waals surface area contributed by atoms with E-state index in [1.807, 2.05) is 0 Å². The van der Waals surface area contributed by atoms with Gasteiger partial charge in [-0.05, 0) is 44.4 Å².